The molecule has 0 saturated heterocycles. The molecule has 0 atom stereocenters. The van der Waals surface area contributed by atoms with Crippen molar-refractivity contribution in [2.45, 2.75) is 25.7 Å². The number of carboxylic acid groups (broad SMARTS) is 1. The number of rotatable bonds is 8. The van der Waals surface area contributed by atoms with Crippen LogP contribution in [0.15, 0.2) is 0 Å². The minimum absolute atomic E-state index is 0.0699. The summed E-state index contributed by atoms with van der Waals surface area (Å²) in [7, 11) is -1.77. The van der Waals surface area contributed by atoms with Gasteiger partial charge in [-0.05, 0) is 12.8 Å². The molecule has 0 spiro atoms. The van der Waals surface area contributed by atoms with E-state index in [0.717, 1.165) is 0 Å². The normalized spacial score (nSPS) is 11.5. The molecular formula is C8H16O5S. The predicted octanol–water partition coefficient (Wildman–Crippen LogP) is 0.650. The molecule has 0 radical (unpaired) electrons. The molecule has 0 aromatic carbocycles. The maximum absolute atomic E-state index is 11.1. The van der Waals surface area contributed by atoms with Crippen LogP contribution in [0.2, 0.25) is 0 Å². The summed E-state index contributed by atoms with van der Waals surface area (Å²) in [5.41, 5.74) is 0. The van der Waals surface area contributed by atoms with E-state index in [2.05, 4.69) is 4.74 Å². The molecule has 14 heavy (non-hydrogen) atoms. The van der Waals surface area contributed by atoms with Crippen LogP contribution in [0.4, 0.5) is 0 Å². The molecule has 0 amide bonds. The van der Waals surface area contributed by atoms with E-state index in [1.54, 1.807) is 0 Å². The van der Waals surface area contributed by atoms with Gasteiger partial charge in [0.2, 0.25) is 0 Å². The van der Waals surface area contributed by atoms with Crippen LogP contribution in [0.25, 0.3) is 0 Å². The highest BCUT2D eigenvalue weighted by atomic mass is 32.2. The predicted molar refractivity (Wildman–Crippen MR) is 51.8 cm³/mol. The Hall–Kier alpha value is -0.620. The number of unbranched alkanes of at least 4 members (excludes halogenated alkanes) is 2. The second-order valence-corrected chi connectivity index (χ2v) is 5.19. The van der Waals surface area contributed by atoms with Crippen LogP contribution < -0.4 is 0 Å². The molecule has 84 valence electrons. The first-order chi connectivity index (χ1) is 6.48. The number of sulfone groups is 1. The molecule has 0 aliphatic carbocycles. The minimum atomic E-state index is -3.10. The van der Waals surface area contributed by atoms with Gasteiger partial charge in [0, 0.05) is 13.5 Å². The highest BCUT2D eigenvalue weighted by molar-refractivity contribution is 7.91. The fourth-order valence-electron chi connectivity index (χ4n) is 1.01. The molecule has 0 rings (SSSR count). The number of carbonyl (C=O) groups is 1. The number of ether oxygens (including phenoxy) is 1. The molecule has 0 aromatic rings. The van der Waals surface area contributed by atoms with E-state index in [-0.39, 0.29) is 18.1 Å². The third-order valence-electron chi connectivity index (χ3n) is 1.64. The van der Waals surface area contributed by atoms with Crippen molar-refractivity contribution in [3.05, 3.63) is 0 Å². The first-order valence-corrected chi connectivity index (χ1v) is 6.21. The average molecular weight is 224 g/mol. The van der Waals surface area contributed by atoms with Crippen molar-refractivity contribution in [3.63, 3.8) is 0 Å². The Morgan fingerprint density at radius 1 is 1.29 bits per heavy atom. The third kappa shape index (κ3) is 8.00. The lowest BCUT2D eigenvalue weighted by Gasteiger charge is -2.01. The summed E-state index contributed by atoms with van der Waals surface area (Å²) in [6.07, 6.45) is 1.75. The van der Waals surface area contributed by atoms with E-state index < -0.39 is 15.8 Å². The summed E-state index contributed by atoms with van der Waals surface area (Å²) in [6, 6.07) is 0. The number of carboxylic acids is 1. The van der Waals surface area contributed by atoms with Crippen LogP contribution in [0, 0.1) is 0 Å². The molecular weight excluding hydrogens is 208 g/mol. The summed E-state index contributed by atoms with van der Waals surface area (Å²) >= 11 is 0. The Kier molecular flexibility index (Phi) is 6.48. The zero-order chi connectivity index (χ0) is 11.0. The van der Waals surface area contributed by atoms with Crippen molar-refractivity contribution in [3.8, 4) is 0 Å². The van der Waals surface area contributed by atoms with Gasteiger partial charge in [-0.25, -0.2) is 8.42 Å². The molecule has 0 fully saturated rings. The van der Waals surface area contributed by atoms with Crippen molar-refractivity contribution in [1.29, 1.82) is 0 Å². The monoisotopic (exact) mass is 224 g/mol. The Balaban J connectivity index is 3.49. The van der Waals surface area contributed by atoms with Crippen LogP contribution >= 0.6 is 0 Å². The second kappa shape index (κ2) is 6.78. The van der Waals surface area contributed by atoms with Gasteiger partial charge in [0.25, 0.3) is 0 Å². The van der Waals surface area contributed by atoms with Gasteiger partial charge in [-0.2, -0.15) is 0 Å². The SMILES string of the molecule is COCS(=O)(=O)CCCCCC(=O)O. The van der Waals surface area contributed by atoms with Gasteiger partial charge in [-0.15, -0.1) is 0 Å². The van der Waals surface area contributed by atoms with E-state index in [4.69, 9.17) is 5.11 Å². The van der Waals surface area contributed by atoms with Crippen molar-refractivity contribution < 1.29 is 23.1 Å². The number of methoxy groups -OCH3 is 1. The minimum Gasteiger partial charge on any atom is -0.481 e. The molecule has 1 N–H and O–H groups in total. The molecule has 0 heterocycles. The Morgan fingerprint density at radius 2 is 1.93 bits per heavy atom. The average Bonchev–Trinajstić information content (AvgIpc) is 2.02. The van der Waals surface area contributed by atoms with Gasteiger partial charge in [-0.1, -0.05) is 6.42 Å². The molecule has 0 bridgehead atoms. The Bertz CT molecular complexity index is 257. The zero-order valence-electron chi connectivity index (χ0n) is 8.23. The quantitative estimate of drug-likeness (QED) is 0.612. The van der Waals surface area contributed by atoms with E-state index in [9.17, 15) is 13.2 Å². The second-order valence-electron chi connectivity index (χ2n) is 3.06. The zero-order valence-corrected chi connectivity index (χ0v) is 9.05. The summed E-state index contributed by atoms with van der Waals surface area (Å²) in [5.74, 6) is -1.03. The summed E-state index contributed by atoms with van der Waals surface area (Å²) in [5, 5.41) is 8.32. The molecule has 6 heteroatoms. The smallest absolute Gasteiger partial charge is 0.303 e. The lowest BCUT2D eigenvalue weighted by atomic mass is 10.2. The highest BCUT2D eigenvalue weighted by Gasteiger charge is 2.09. The topological polar surface area (TPSA) is 80.7 Å². The summed E-state index contributed by atoms with van der Waals surface area (Å²) in [4.78, 5) is 10.1. The van der Waals surface area contributed by atoms with E-state index >= 15 is 0 Å². The molecule has 0 saturated carbocycles. The van der Waals surface area contributed by atoms with Gasteiger partial charge in [-0.3, -0.25) is 4.79 Å². The van der Waals surface area contributed by atoms with Gasteiger partial charge >= 0.3 is 5.97 Å². The van der Waals surface area contributed by atoms with Gasteiger partial charge in [0.05, 0.1) is 5.75 Å². The van der Waals surface area contributed by atoms with Crippen LogP contribution in [-0.4, -0.2) is 38.3 Å². The fraction of sp³-hybridized carbons (Fsp3) is 0.875. The summed E-state index contributed by atoms with van der Waals surface area (Å²) in [6.45, 7) is 0. The van der Waals surface area contributed by atoms with Gasteiger partial charge in [0.1, 0.15) is 5.94 Å². The fourth-order valence-corrected chi connectivity index (χ4v) is 2.13. The molecule has 0 aliphatic rings. The van der Waals surface area contributed by atoms with Crippen molar-refractivity contribution in [2.75, 3.05) is 18.8 Å². The highest BCUT2D eigenvalue weighted by Crippen LogP contribution is 2.03. The van der Waals surface area contributed by atoms with Crippen molar-refractivity contribution >= 4 is 15.8 Å². The van der Waals surface area contributed by atoms with Crippen molar-refractivity contribution in [1.82, 2.24) is 0 Å². The lowest BCUT2D eigenvalue weighted by molar-refractivity contribution is -0.137. The number of aliphatic carboxylic acids is 1. The standard InChI is InChI=1S/C8H16O5S/c1-13-7-14(11,12)6-4-2-3-5-8(9)10/h2-7H2,1H3,(H,9,10). The molecule has 5 nitrogen and oxygen atoms in total. The molecule has 0 unspecified atom stereocenters. The van der Waals surface area contributed by atoms with E-state index in [1.807, 2.05) is 0 Å². The largest absolute Gasteiger partial charge is 0.481 e. The first kappa shape index (κ1) is 13.4. The van der Waals surface area contributed by atoms with Gasteiger partial charge in [0.15, 0.2) is 9.84 Å². The van der Waals surface area contributed by atoms with Crippen LogP contribution in [0.5, 0.6) is 0 Å². The van der Waals surface area contributed by atoms with E-state index in [0.29, 0.717) is 19.3 Å². The number of hydrogen-bond donors (Lipinski definition) is 1. The van der Waals surface area contributed by atoms with Crippen LogP contribution in [-0.2, 0) is 19.4 Å². The summed E-state index contributed by atoms with van der Waals surface area (Å²) < 4.78 is 26.7. The van der Waals surface area contributed by atoms with E-state index in [1.165, 1.54) is 7.11 Å². The maximum atomic E-state index is 11.1. The Morgan fingerprint density at radius 3 is 2.43 bits per heavy atom. The first-order valence-electron chi connectivity index (χ1n) is 4.39. The number of hydrogen-bond acceptors (Lipinski definition) is 4. The Labute approximate surface area is 84.0 Å². The molecule has 0 aliphatic heterocycles. The van der Waals surface area contributed by atoms with Gasteiger partial charge < -0.3 is 9.84 Å². The maximum Gasteiger partial charge on any atom is 0.303 e. The van der Waals surface area contributed by atoms with Crippen LogP contribution in [0.1, 0.15) is 25.7 Å². The van der Waals surface area contributed by atoms with Crippen LogP contribution in [0.3, 0.4) is 0 Å². The van der Waals surface area contributed by atoms with Crippen molar-refractivity contribution in [2.24, 2.45) is 0 Å². The third-order valence-corrected chi connectivity index (χ3v) is 3.15. The lowest BCUT2D eigenvalue weighted by Crippen LogP contribution is -2.12. The molecule has 0 aromatic heterocycles.